The predicted molar refractivity (Wildman–Crippen MR) is 116 cm³/mol. The molecule has 150 valence electrons. The molecule has 0 radical (unpaired) electrons. The average molecular weight is 451 g/mol. The van der Waals surface area contributed by atoms with E-state index in [0.29, 0.717) is 21.3 Å². The van der Waals surface area contributed by atoms with Crippen LogP contribution in [-0.2, 0) is 10.0 Å². The second-order valence-corrected chi connectivity index (χ2v) is 8.77. The van der Waals surface area contributed by atoms with Crippen LogP contribution < -0.4 is 10.0 Å². The Morgan fingerprint density at radius 1 is 1.00 bits per heavy atom. The molecule has 0 unspecified atom stereocenters. The largest absolute Gasteiger partial charge is 0.506 e. The number of amides is 1. The first-order valence-corrected chi connectivity index (χ1v) is 11.0. The van der Waals surface area contributed by atoms with Gasteiger partial charge in [0.05, 0.1) is 22.0 Å². The van der Waals surface area contributed by atoms with Gasteiger partial charge in [-0.05, 0) is 42.0 Å². The predicted octanol–water partition coefficient (Wildman–Crippen LogP) is 4.99. The van der Waals surface area contributed by atoms with Crippen molar-refractivity contribution in [1.82, 2.24) is 0 Å². The topological polar surface area (TPSA) is 95.5 Å². The van der Waals surface area contributed by atoms with Crippen LogP contribution in [0.4, 0.5) is 11.4 Å². The third-order valence-corrected chi connectivity index (χ3v) is 5.37. The van der Waals surface area contributed by atoms with Gasteiger partial charge < -0.3 is 10.4 Å². The van der Waals surface area contributed by atoms with E-state index in [2.05, 4.69) is 10.0 Å². The third-order valence-electron chi connectivity index (χ3n) is 3.96. The maximum absolute atomic E-state index is 12.5. The number of phenolic OH excluding ortho intramolecular Hbond substituents is 1. The zero-order chi connectivity index (χ0) is 21.2. The highest BCUT2D eigenvalue weighted by Crippen LogP contribution is 2.33. The molecule has 0 spiro atoms. The summed E-state index contributed by atoms with van der Waals surface area (Å²) in [6.07, 6.45) is 0.964. The van der Waals surface area contributed by atoms with Crippen molar-refractivity contribution in [3.63, 3.8) is 0 Å². The Bertz CT molecular complexity index is 1180. The van der Waals surface area contributed by atoms with E-state index in [0.717, 1.165) is 17.4 Å². The number of rotatable bonds is 5. The Kier molecular flexibility index (Phi) is 6.02. The van der Waals surface area contributed by atoms with E-state index < -0.39 is 15.9 Å². The summed E-state index contributed by atoms with van der Waals surface area (Å²) in [4.78, 5) is 12.5. The van der Waals surface area contributed by atoms with Crippen LogP contribution in [0.15, 0.2) is 60.7 Å². The van der Waals surface area contributed by atoms with Gasteiger partial charge >= 0.3 is 0 Å². The molecule has 0 aliphatic rings. The number of nitrogens with one attached hydrogen (secondary N) is 2. The van der Waals surface area contributed by atoms with Gasteiger partial charge in [0.15, 0.2) is 0 Å². The summed E-state index contributed by atoms with van der Waals surface area (Å²) < 4.78 is 24.9. The minimum Gasteiger partial charge on any atom is -0.506 e. The molecule has 9 heteroatoms. The number of aromatic hydroxyl groups is 1. The number of benzene rings is 3. The Morgan fingerprint density at radius 3 is 2.34 bits per heavy atom. The van der Waals surface area contributed by atoms with Gasteiger partial charge in [0.2, 0.25) is 10.0 Å². The van der Waals surface area contributed by atoms with Crippen LogP contribution in [0.25, 0.3) is 11.1 Å². The zero-order valence-corrected chi connectivity index (χ0v) is 17.4. The molecule has 0 saturated heterocycles. The number of phenols is 1. The van der Waals surface area contributed by atoms with Crippen molar-refractivity contribution in [2.45, 2.75) is 0 Å². The molecule has 3 N–H and O–H groups in total. The first-order valence-electron chi connectivity index (χ1n) is 8.30. The van der Waals surface area contributed by atoms with Crippen LogP contribution in [0.5, 0.6) is 5.75 Å². The molecule has 1 amide bonds. The fraction of sp³-hybridized carbons (Fsp3) is 0.0500. The quantitative estimate of drug-likeness (QED) is 0.376. The highest BCUT2D eigenvalue weighted by atomic mass is 35.5. The molecule has 0 aliphatic heterocycles. The average Bonchev–Trinajstić information content (AvgIpc) is 2.66. The van der Waals surface area contributed by atoms with E-state index >= 15 is 0 Å². The standard InChI is InChI=1S/C20H16Cl2N2O4S/c1-29(27,28)24-17-11-14(9-10-18(17)25)23-20(26)13-7-5-12(6-8-13)15-3-2-4-16(21)19(15)22/h2-11,24-25H,1H3,(H,23,26). The number of sulfonamides is 1. The number of carbonyl (C=O) groups excluding carboxylic acids is 1. The maximum Gasteiger partial charge on any atom is 0.255 e. The van der Waals surface area contributed by atoms with Crippen molar-refractivity contribution in [1.29, 1.82) is 0 Å². The molecule has 3 rings (SSSR count). The molecule has 0 heterocycles. The van der Waals surface area contributed by atoms with Crippen LogP contribution in [0.1, 0.15) is 10.4 Å². The van der Waals surface area contributed by atoms with Crippen LogP contribution >= 0.6 is 23.2 Å². The van der Waals surface area contributed by atoms with E-state index in [4.69, 9.17) is 23.2 Å². The van der Waals surface area contributed by atoms with Crippen molar-refractivity contribution in [2.24, 2.45) is 0 Å². The summed E-state index contributed by atoms with van der Waals surface area (Å²) in [7, 11) is -3.58. The Labute approximate surface area is 178 Å². The molecule has 29 heavy (non-hydrogen) atoms. The molecule has 0 aromatic heterocycles. The lowest BCUT2D eigenvalue weighted by atomic mass is 10.0. The lowest BCUT2D eigenvalue weighted by Crippen LogP contribution is -2.13. The summed E-state index contributed by atoms with van der Waals surface area (Å²) >= 11 is 12.3. The van der Waals surface area contributed by atoms with E-state index in [-0.39, 0.29) is 11.4 Å². The van der Waals surface area contributed by atoms with E-state index in [1.54, 1.807) is 36.4 Å². The van der Waals surface area contributed by atoms with Crippen molar-refractivity contribution < 1.29 is 18.3 Å². The van der Waals surface area contributed by atoms with Crippen LogP contribution in [0, 0.1) is 0 Å². The van der Waals surface area contributed by atoms with Crippen molar-refractivity contribution in [2.75, 3.05) is 16.3 Å². The fourth-order valence-corrected chi connectivity index (χ4v) is 3.60. The van der Waals surface area contributed by atoms with E-state index in [1.807, 2.05) is 6.07 Å². The lowest BCUT2D eigenvalue weighted by Gasteiger charge is -2.11. The summed E-state index contributed by atoms with van der Waals surface area (Å²) in [6, 6.07) is 16.2. The number of carbonyl (C=O) groups is 1. The van der Waals surface area contributed by atoms with Gasteiger partial charge in [0.25, 0.3) is 5.91 Å². The smallest absolute Gasteiger partial charge is 0.255 e. The number of hydrogen-bond donors (Lipinski definition) is 3. The normalized spacial score (nSPS) is 11.1. The first-order chi connectivity index (χ1) is 13.6. The number of halogens is 2. The monoisotopic (exact) mass is 450 g/mol. The summed E-state index contributed by atoms with van der Waals surface area (Å²) in [5, 5.41) is 13.3. The molecule has 0 saturated carbocycles. The van der Waals surface area contributed by atoms with Gasteiger partial charge in [-0.25, -0.2) is 8.42 Å². The molecule has 0 bridgehead atoms. The van der Waals surface area contributed by atoms with Gasteiger partial charge in [-0.1, -0.05) is 47.5 Å². The third kappa shape index (κ3) is 5.20. The van der Waals surface area contributed by atoms with Crippen molar-refractivity contribution >= 4 is 50.5 Å². The van der Waals surface area contributed by atoms with E-state index in [1.165, 1.54) is 18.2 Å². The van der Waals surface area contributed by atoms with Gasteiger partial charge in [-0.2, -0.15) is 0 Å². The second kappa shape index (κ2) is 8.32. The second-order valence-electron chi connectivity index (χ2n) is 6.24. The zero-order valence-electron chi connectivity index (χ0n) is 15.1. The Morgan fingerprint density at radius 2 is 1.69 bits per heavy atom. The van der Waals surface area contributed by atoms with Crippen molar-refractivity contribution in [3.8, 4) is 16.9 Å². The van der Waals surface area contributed by atoms with Crippen LogP contribution in [0.3, 0.4) is 0 Å². The molecular weight excluding hydrogens is 435 g/mol. The van der Waals surface area contributed by atoms with Gasteiger partial charge in [0.1, 0.15) is 5.75 Å². The molecule has 3 aromatic carbocycles. The summed E-state index contributed by atoms with van der Waals surface area (Å²) in [5.74, 6) is -0.652. The lowest BCUT2D eigenvalue weighted by molar-refractivity contribution is 0.102. The van der Waals surface area contributed by atoms with Gasteiger partial charge in [-0.3, -0.25) is 9.52 Å². The van der Waals surface area contributed by atoms with Gasteiger partial charge in [0, 0.05) is 16.8 Å². The molecular formula is C20H16Cl2N2O4S. The highest BCUT2D eigenvalue weighted by molar-refractivity contribution is 7.92. The SMILES string of the molecule is CS(=O)(=O)Nc1cc(NC(=O)c2ccc(-c3cccc(Cl)c3Cl)cc2)ccc1O. The molecule has 0 atom stereocenters. The number of anilines is 2. The minimum atomic E-state index is -3.58. The van der Waals surface area contributed by atoms with Gasteiger partial charge in [-0.15, -0.1) is 0 Å². The Balaban J connectivity index is 1.80. The summed E-state index contributed by atoms with van der Waals surface area (Å²) in [6.45, 7) is 0. The summed E-state index contributed by atoms with van der Waals surface area (Å²) in [5.41, 5.74) is 2.23. The molecule has 3 aromatic rings. The van der Waals surface area contributed by atoms with Crippen LogP contribution in [0.2, 0.25) is 10.0 Å². The maximum atomic E-state index is 12.5. The Hall–Kier alpha value is -2.74. The van der Waals surface area contributed by atoms with Crippen LogP contribution in [-0.4, -0.2) is 25.7 Å². The van der Waals surface area contributed by atoms with E-state index in [9.17, 15) is 18.3 Å². The molecule has 0 fully saturated rings. The fourth-order valence-electron chi connectivity index (χ4n) is 2.63. The minimum absolute atomic E-state index is 0.0313. The first kappa shape index (κ1) is 21.0. The molecule has 6 nitrogen and oxygen atoms in total. The highest BCUT2D eigenvalue weighted by Gasteiger charge is 2.12. The number of hydrogen-bond acceptors (Lipinski definition) is 4. The molecule has 0 aliphatic carbocycles. The van der Waals surface area contributed by atoms with Crippen molar-refractivity contribution in [3.05, 3.63) is 76.3 Å².